The van der Waals surface area contributed by atoms with Crippen LogP contribution in [0.1, 0.15) is 35.7 Å². The van der Waals surface area contributed by atoms with Crippen LogP contribution in [0.4, 0.5) is 17.6 Å². The summed E-state index contributed by atoms with van der Waals surface area (Å²) in [5.74, 6) is -2.43. The van der Waals surface area contributed by atoms with Crippen LogP contribution in [0.5, 0.6) is 0 Å². The molecule has 1 aliphatic rings. The van der Waals surface area contributed by atoms with Crippen LogP contribution in [0, 0.1) is 5.82 Å². The first-order valence-electron chi connectivity index (χ1n) is 6.51. The molecule has 1 saturated heterocycles. The van der Waals surface area contributed by atoms with Crippen molar-refractivity contribution >= 4 is 5.91 Å². The third-order valence-corrected chi connectivity index (χ3v) is 3.47. The molecule has 1 N–H and O–H groups in total. The summed E-state index contributed by atoms with van der Waals surface area (Å²) in [5.41, 5.74) is -2.61. The van der Waals surface area contributed by atoms with Gasteiger partial charge in [-0.25, -0.2) is 4.39 Å². The van der Waals surface area contributed by atoms with Crippen molar-refractivity contribution in [1.82, 2.24) is 5.32 Å². The van der Waals surface area contributed by atoms with Crippen LogP contribution in [-0.4, -0.2) is 24.7 Å². The van der Waals surface area contributed by atoms with E-state index in [0.717, 1.165) is 25.0 Å². The van der Waals surface area contributed by atoms with Crippen molar-refractivity contribution < 1.29 is 27.1 Å². The van der Waals surface area contributed by atoms with Gasteiger partial charge in [0, 0.05) is 13.2 Å². The minimum atomic E-state index is -4.83. The predicted octanol–water partition coefficient (Wildman–Crippen LogP) is 3.14. The molecular formula is C14H15F4NO2. The van der Waals surface area contributed by atoms with Gasteiger partial charge in [-0.1, -0.05) is 6.07 Å². The average Bonchev–Trinajstić information content (AvgIpc) is 2.82. The Bertz CT molecular complexity index is 536. The maximum atomic E-state index is 13.8. The van der Waals surface area contributed by atoms with E-state index in [-0.39, 0.29) is 6.54 Å². The smallest absolute Gasteiger partial charge is 0.373 e. The molecule has 0 saturated carbocycles. The molecule has 0 spiro atoms. The molecule has 0 radical (unpaired) electrons. The highest BCUT2D eigenvalue weighted by molar-refractivity contribution is 5.94. The van der Waals surface area contributed by atoms with Crippen molar-refractivity contribution in [3.63, 3.8) is 0 Å². The summed E-state index contributed by atoms with van der Waals surface area (Å²) in [6.45, 7) is 2.49. The molecule has 1 fully saturated rings. The predicted molar refractivity (Wildman–Crippen MR) is 67.3 cm³/mol. The lowest BCUT2D eigenvalue weighted by molar-refractivity contribution is -0.140. The van der Waals surface area contributed by atoms with Crippen LogP contribution in [0.3, 0.4) is 0 Å². The van der Waals surface area contributed by atoms with E-state index in [1.807, 2.05) is 0 Å². The Morgan fingerprint density at radius 2 is 2.14 bits per heavy atom. The van der Waals surface area contributed by atoms with Gasteiger partial charge in [0.2, 0.25) is 0 Å². The first-order valence-corrected chi connectivity index (χ1v) is 6.51. The Morgan fingerprint density at radius 1 is 1.43 bits per heavy atom. The van der Waals surface area contributed by atoms with Crippen molar-refractivity contribution in [3.05, 3.63) is 35.1 Å². The van der Waals surface area contributed by atoms with Crippen molar-refractivity contribution in [3.8, 4) is 0 Å². The number of nitrogens with one attached hydrogen (secondary N) is 1. The number of hydrogen-bond donors (Lipinski definition) is 1. The van der Waals surface area contributed by atoms with Crippen molar-refractivity contribution in [2.24, 2.45) is 0 Å². The van der Waals surface area contributed by atoms with E-state index >= 15 is 0 Å². The second kappa shape index (κ2) is 5.63. The van der Waals surface area contributed by atoms with Gasteiger partial charge in [-0.2, -0.15) is 13.2 Å². The number of carbonyl (C=O) groups excluding carboxylic acids is 1. The standard InChI is InChI=1S/C14H15F4NO2/c1-13(6-3-7-21-13)8-19-12(20)9-4-2-5-10(11(9)15)14(16,17)18/h2,4-5H,3,6-8H2,1H3,(H,19,20). The second-order valence-electron chi connectivity index (χ2n) is 5.25. The second-order valence-corrected chi connectivity index (χ2v) is 5.25. The molecule has 0 aromatic heterocycles. The molecule has 1 aliphatic heterocycles. The number of halogens is 4. The summed E-state index contributed by atoms with van der Waals surface area (Å²) in [7, 11) is 0. The summed E-state index contributed by atoms with van der Waals surface area (Å²) < 4.78 is 57.0. The van der Waals surface area contributed by atoms with E-state index in [1.165, 1.54) is 0 Å². The van der Waals surface area contributed by atoms with Gasteiger partial charge in [-0.3, -0.25) is 4.79 Å². The number of carbonyl (C=O) groups is 1. The zero-order valence-corrected chi connectivity index (χ0v) is 11.4. The SMILES string of the molecule is CC1(CNC(=O)c2cccc(C(F)(F)F)c2F)CCCO1. The number of hydrogen-bond acceptors (Lipinski definition) is 2. The molecule has 1 aromatic carbocycles. The van der Waals surface area contributed by atoms with Crippen LogP contribution in [-0.2, 0) is 10.9 Å². The fourth-order valence-electron chi connectivity index (χ4n) is 2.27. The molecule has 0 aliphatic carbocycles. The highest BCUT2D eigenvalue weighted by Gasteiger charge is 2.36. The van der Waals surface area contributed by atoms with E-state index in [1.54, 1.807) is 6.92 Å². The van der Waals surface area contributed by atoms with Gasteiger partial charge in [0.05, 0.1) is 16.7 Å². The normalized spacial score (nSPS) is 22.3. The summed E-state index contributed by atoms with van der Waals surface area (Å²) in [6.07, 6.45) is -3.25. The highest BCUT2D eigenvalue weighted by Crippen LogP contribution is 2.32. The molecule has 1 unspecified atom stereocenters. The van der Waals surface area contributed by atoms with Gasteiger partial charge >= 0.3 is 6.18 Å². The third kappa shape index (κ3) is 3.53. The summed E-state index contributed by atoms with van der Waals surface area (Å²) in [6, 6.07) is 2.64. The van der Waals surface area contributed by atoms with Gasteiger partial charge < -0.3 is 10.1 Å². The molecule has 21 heavy (non-hydrogen) atoms. The molecule has 1 atom stereocenters. The van der Waals surface area contributed by atoms with Gasteiger partial charge in [0.25, 0.3) is 5.91 Å². The lowest BCUT2D eigenvalue weighted by Gasteiger charge is -2.23. The number of alkyl halides is 3. The molecule has 1 heterocycles. The van der Waals surface area contributed by atoms with Crippen LogP contribution in [0.15, 0.2) is 18.2 Å². The lowest BCUT2D eigenvalue weighted by atomic mass is 10.0. The van der Waals surface area contributed by atoms with E-state index in [2.05, 4.69) is 5.32 Å². The fourth-order valence-corrected chi connectivity index (χ4v) is 2.27. The summed E-state index contributed by atoms with van der Waals surface area (Å²) in [4.78, 5) is 11.9. The monoisotopic (exact) mass is 305 g/mol. The van der Waals surface area contributed by atoms with Crippen molar-refractivity contribution in [1.29, 1.82) is 0 Å². The zero-order chi connectivity index (χ0) is 15.7. The molecule has 2 rings (SSSR count). The molecule has 0 bridgehead atoms. The maximum absolute atomic E-state index is 13.8. The number of amides is 1. The Kier molecular flexibility index (Phi) is 4.22. The number of rotatable bonds is 3. The maximum Gasteiger partial charge on any atom is 0.419 e. The molecule has 3 nitrogen and oxygen atoms in total. The van der Waals surface area contributed by atoms with E-state index in [4.69, 9.17) is 4.74 Å². The van der Waals surface area contributed by atoms with E-state index < -0.39 is 34.6 Å². The molecule has 116 valence electrons. The van der Waals surface area contributed by atoms with Crippen molar-refractivity contribution in [2.75, 3.05) is 13.2 Å². The molecule has 1 aromatic rings. The van der Waals surface area contributed by atoms with Crippen molar-refractivity contribution in [2.45, 2.75) is 31.5 Å². The Balaban J connectivity index is 2.13. The lowest BCUT2D eigenvalue weighted by Crippen LogP contribution is -2.40. The molecule has 7 heteroatoms. The first-order chi connectivity index (χ1) is 9.73. The molecule has 1 amide bonds. The topological polar surface area (TPSA) is 38.3 Å². The third-order valence-electron chi connectivity index (χ3n) is 3.47. The van der Waals surface area contributed by atoms with Gasteiger partial charge in [-0.05, 0) is 31.9 Å². The van der Waals surface area contributed by atoms with Crippen LogP contribution >= 0.6 is 0 Å². The number of benzene rings is 1. The van der Waals surface area contributed by atoms with Gasteiger partial charge in [0.1, 0.15) is 5.82 Å². The Labute approximate surface area is 119 Å². The van der Waals surface area contributed by atoms with Gasteiger partial charge in [-0.15, -0.1) is 0 Å². The summed E-state index contributed by atoms with van der Waals surface area (Å²) >= 11 is 0. The number of ether oxygens (including phenoxy) is 1. The minimum absolute atomic E-state index is 0.127. The van der Waals surface area contributed by atoms with Gasteiger partial charge in [0.15, 0.2) is 0 Å². The Morgan fingerprint density at radius 3 is 2.71 bits per heavy atom. The van der Waals surface area contributed by atoms with E-state index in [9.17, 15) is 22.4 Å². The quantitative estimate of drug-likeness (QED) is 0.871. The minimum Gasteiger partial charge on any atom is -0.373 e. The van der Waals surface area contributed by atoms with Crippen LogP contribution in [0.2, 0.25) is 0 Å². The Hall–Kier alpha value is -1.63. The van der Waals surface area contributed by atoms with Crippen LogP contribution in [0.25, 0.3) is 0 Å². The zero-order valence-electron chi connectivity index (χ0n) is 11.4. The largest absolute Gasteiger partial charge is 0.419 e. The first kappa shape index (κ1) is 15.8. The van der Waals surface area contributed by atoms with Crippen LogP contribution < -0.4 is 5.32 Å². The highest BCUT2D eigenvalue weighted by atomic mass is 19.4. The average molecular weight is 305 g/mol. The summed E-state index contributed by atoms with van der Waals surface area (Å²) in [5, 5.41) is 2.43. The van der Waals surface area contributed by atoms with E-state index in [0.29, 0.717) is 12.7 Å². The molecular weight excluding hydrogens is 290 g/mol. The fraction of sp³-hybridized carbons (Fsp3) is 0.500.